The summed E-state index contributed by atoms with van der Waals surface area (Å²) in [4.78, 5) is 14.0. The molecule has 0 aliphatic carbocycles. The number of likely N-dealkylation sites (tertiary alicyclic amines) is 1. The highest BCUT2D eigenvalue weighted by Gasteiger charge is 2.32. The Labute approximate surface area is 145 Å². The summed E-state index contributed by atoms with van der Waals surface area (Å²) in [6.07, 6.45) is -1.90. The molecule has 1 aliphatic rings. The fraction of sp³-hybridized carbons (Fsp3) is 0.562. The standard InChI is InChI=1S/C16H21F3N2O3S/c1-12-5-4-8-20(10-12)15(22)11-21(25(2,23)24)14-7-3-6-13(9-14)16(17,18)19/h3,6-7,9,12H,4-5,8,10-11H2,1-2H3. The molecule has 1 aromatic carbocycles. The molecule has 0 spiro atoms. The average molecular weight is 378 g/mol. The first-order valence-corrected chi connectivity index (χ1v) is 9.76. The molecule has 1 saturated heterocycles. The summed E-state index contributed by atoms with van der Waals surface area (Å²) in [7, 11) is -3.91. The molecule has 1 aromatic rings. The lowest BCUT2D eigenvalue weighted by Gasteiger charge is -2.33. The first kappa shape index (κ1) is 19.6. The van der Waals surface area contributed by atoms with Gasteiger partial charge in [0, 0.05) is 13.1 Å². The zero-order valence-electron chi connectivity index (χ0n) is 14.1. The third kappa shape index (κ3) is 5.10. The molecule has 0 N–H and O–H groups in total. The summed E-state index contributed by atoms with van der Waals surface area (Å²) < 4.78 is 63.5. The number of sulfonamides is 1. The lowest BCUT2D eigenvalue weighted by molar-refractivity contribution is -0.137. The van der Waals surface area contributed by atoms with Crippen LogP contribution in [0.2, 0.25) is 0 Å². The Morgan fingerprint density at radius 1 is 1.36 bits per heavy atom. The van der Waals surface area contributed by atoms with E-state index in [1.165, 1.54) is 6.07 Å². The van der Waals surface area contributed by atoms with Crippen LogP contribution >= 0.6 is 0 Å². The Bertz CT molecular complexity index is 734. The van der Waals surface area contributed by atoms with Crippen LogP contribution in [0.1, 0.15) is 25.3 Å². The molecule has 9 heteroatoms. The normalized spacial score (nSPS) is 18.9. The molecule has 1 heterocycles. The van der Waals surface area contributed by atoms with Crippen LogP contribution in [0.3, 0.4) is 0 Å². The predicted molar refractivity (Wildman–Crippen MR) is 88.6 cm³/mol. The summed E-state index contributed by atoms with van der Waals surface area (Å²) in [6, 6.07) is 3.98. The first-order chi connectivity index (χ1) is 11.5. The van der Waals surface area contributed by atoms with Crippen molar-refractivity contribution in [3.63, 3.8) is 0 Å². The highest BCUT2D eigenvalue weighted by molar-refractivity contribution is 7.92. The molecule has 2 rings (SSSR count). The molecule has 0 radical (unpaired) electrons. The van der Waals surface area contributed by atoms with Crippen molar-refractivity contribution in [3.05, 3.63) is 29.8 Å². The lowest BCUT2D eigenvalue weighted by atomic mass is 10.0. The van der Waals surface area contributed by atoms with E-state index in [2.05, 4.69) is 0 Å². The van der Waals surface area contributed by atoms with E-state index in [4.69, 9.17) is 0 Å². The fourth-order valence-corrected chi connectivity index (χ4v) is 3.72. The van der Waals surface area contributed by atoms with Gasteiger partial charge in [-0.15, -0.1) is 0 Å². The molecule has 25 heavy (non-hydrogen) atoms. The van der Waals surface area contributed by atoms with Crippen LogP contribution in [-0.2, 0) is 21.0 Å². The van der Waals surface area contributed by atoms with Gasteiger partial charge in [0.2, 0.25) is 15.9 Å². The third-order valence-electron chi connectivity index (χ3n) is 4.15. The van der Waals surface area contributed by atoms with Crippen molar-refractivity contribution in [2.45, 2.75) is 25.9 Å². The maximum Gasteiger partial charge on any atom is 0.416 e. The summed E-state index contributed by atoms with van der Waals surface area (Å²) in [5.41, 5.74) is -1.13. The second-order valence-electron chi connectivity index (χ2n) is 6.40. The maximum absolute atomic E-state index is 12.9. The van der Waals surface area contributed by atoms with Crippen molar-refractivity contribution in [3.8, 4) is 0 Å². The highest BCUT2D eigenvalue weighted by atomic mass is 32.2. The van der Waals surface area contributed by atoms with Crippen molar-refractivity contribution in [2.75, 3.05) is 30.2 Å². The largest absolute Gasteiger partial charge is 0.416 e. The molecular formula is C16H21F3N2O3S. The van der Waals surface area contributed by atoms with Crippen molar-refractivity contribution in [1.29, 1.82) is 0 Å². The van der Waals surface area contributed by atoms with Crippen LogP contribution < -0.4 is 4.31 Å². The van der Waals surface area contributed by atoms with Crippen molar-refractivity contribution in [2.24, 2.45) is 5.92 Å². The minimum Gasteiger partial charge on any atom is -0.341 e. The van der Waals surface area contributed by atoms with Gasteiger partial charge in [0.15, 0.2) is 0 Å². The number of benzene rings is 1. The Morgan fingerprint density at radius 3 is 2.60 bits per heavy atom. The zero-order chi connectivity index (χ0) is 18.8. The van der Waals surface area contributed by atoms with Gasteiger partial charge in [-0.25, -0.2) is 8.42 Å². The van der Waals surface area contributed by atoms with E-state index in [9.17, 15) is 26.4 Å². The summed E-state index contributed by atoms with van der Waals surface area (Å²) in [5.74, 6) is -0.0904. The first-order valence-electron chi connectivity index (χ1n) is 7.91. The van der Waals surface area contributed by atoms with Gasteiger partial charge < -0.3 is 4.90 Å². The number of halogens is 3. The van der Waals surface area contributed by atoms with E-state index < -0.39 is 34.2 Å². The van der Waals surface area contributed by atoms with E-state index in [1.54, 1.807) is 4.90 Å². The molecule has 1 atom stereocenters. The van der Waals surface area contributed by atoms with Gasteiger partial charge >= 0.3 is 6.18 Å². The Hall–Kier alpha value is -1.77. The molecule has 0 bridgehead atoms. The monoisotopic (exact) mass is 378 g/mol. The molecule has 1 fully saturated rings. The van der Waals surface area contributed by atoms with E-state index >= 15 is 0 Å². The average Bonchev–Trinajstić information content (AvgIpc) is 2.50. The molecule has 1 amide bonds. The molecule has 0 aromatic heterocycles. The summed E-state index contributed by atoms with van der Waals surface area (Å²) >= 11 is 0. The Balaban J connectivity index is 2.27. The van der Waals surface area contributed by atoms with Crippen LogP contribution in [-0.4, -0.2) is 45.1 Å². The van der Waals surface area contributed by atoms with Crippen molar-refractivity contribution >= 4 is 21.6 Å². The van der Waals surface area contributed by atoms with Crippen molar-refractivity contribution in [1.82, 2.24) is 4.90 Å². The molecule has 1 aliphatic heterocycles. The van der Waals surface area contributed by atoms with Crippen LogP contribution in [0.25, 0.3) is 0 Å². The van der Waals surface area contributed by atoms with Gasteiger partial charge in [0.25, 0.3) is 0 Å². The van der Waals surface area contributed by atoms with Gasteiger partial charge in [-0.2, -0.15) is 13.2 Å². The number of rotatable bonds is 4. The number of piperidine rings is 1. The smallest absolute Gasteiger partial charge is 0.341 e. The molecule has 1 unspecified atom stereocenters. The van der Waals surface area contributed by atoms with Crippen molar-refractivity contribution < 1.29 is 26.4 Å². The highest BCUT2D eigenvalue weighted by Crippen LogP contribution is 2.32. The second kappa shape index (κ2) is 7.23. The minimum absolute atomic E-state index is 0.171. The SMILES string of the molecule is CC1CCCN(C(=O)CN(c2cccc(C(F)(F)F)c2)S(C)(=O)=O)C1. The van der Waals surface area contributed by atoms with Crippen LogP contribution in [0, 0.1) is 5.92 Å². The number of nitrogens with zero attached hydrogens (tertiary/aromatic N) is 2. The number of hydrogen-bond donors (Lipinski definition) is 0. The maximum atomic E-state index is 12.9. The molecule has 140 valence electrons. The molecule has 5 nitrogen and oxygen atoms in total. The quantitative estimate of drug-likeness (QED) is 0.810. The molecule has 0 saturated carbocycles. The van der Waals surface area contributed by atoms with E-state index in [1.807, 2.05) is 6.92 Å². The minimum atomic E-state index is -4.59. The number of amides is 1. The second-order valence-corrected chi connectivity index (χ2v) is 8.31. The number of carbonyl (C=O) groups excluding carboxylic acids is 1. The van der Waals surface area contributed by atoms with E-state index in [-0.39, 0.29) is 5.69 Å². The van der Waals surface area contributed by atoms with Gasteiger partial charge in [0.1, 0.15) is 6.54 Å². The number of carbonyl (C=O) groups is 1. The Kier molecular flexibility index (Phi) is 5.65. The van der Waals surface area contributed by atoms with Gasteiger partial charge in [-0.05, 0) is 37.0 Å². The van der Waals surface area contributed by atoms with Gasteiger partial charge in [0.05, 0.1) is 17.5 Å². The van der Waals surface area contributed by atoms with Gasteiger partial charge in [-0.3, -0.25) is 9.10 Å². The number of alkyl halides is 3. The Morgan fingerprint density at radius 2 is 2.04 bits per heavy atom. The number of hydrogen-bond acceptors (Lipinski definition) is 3. The zero-order valence-corrected chi connectivity index (χ0v) is 14.9. The predicted octanol–water partition coefficient (Wildman–Crippen LogP) is 2.73. The van der Waals surface area contributed by atoms with E-state index in [0.717, 1.165) is 41.6 Å². The molecular weight excluding hydrogens is 357 g/mol. The number of anilines is 1. The van der Waals surface area contributed by atoms with Crippen LogP contribution in [0.15, 0.2) is 24.3 Å². The lowest BCUT2D eigenvalue weighted by Crippen LogP contribution is -2.46. The topological polar surface area (TPSA) is 57.7 Å². The van der Waals surface area contributed by atoms with Crippen LogP contribution in [0.5, 0.6) is 0 Å². The third-order valence-corrected chi connectivity index (χ3v) is 5.29. The fourth-order valence-electron chi connectivity index (χ4n) is 2.88. The van der Waals surface area contributed by atoms with E-state index in [0.29, 0.717) is 19.0 Å². The summed E-state index contributed by atoms with van der Waals surface area (Å²) in [5, 5.41) is 0. The van der Waals surface area contributed by atoms with Gasteiger partial charge in [-0.1, -0.05) is 13.0 Å². The van der Waals surface area contributed by atoms with Crippen LogP contribution in [0.4, 0.5) is 18.9 Å². The summed E-state index contributed by atoms with van der Waals surface area (Å²) in [6.45, 7) is 2.55.